The highest BCUT2D eigenvalue weighted by Gasteiger charge is 2.28. The summed E-state index contributed by atoms with van der Waals surface area (Å²) in [6.07, 6.45) is 3.74. The highest BCUT2D eigenvalue weighted by atomic mass is 16.3. The Bertz CT molecular complexity index is 551. The van der Waals surface area contributed by atoms with E-state index in [9.17, 15) is 10.2 Å². The molecule has 1 aromatic rings. The largest absolute Gasteiger partial charge is 0.507 e. The second kappa shape index (κ2) is 6.87. The monoisotopic (exact) mass is 304 g/mol. The fourth-order valence-corrected chi connectivity index (χ4v) is 2.48. The molecule has 0 fully saturated rings. The van der Waals surface area contributed by atoms with E-state index in [1.54, 1.807) is 6.08 Å². The van der Waals surface area contributed by atoms with Gasteiger partial charge in [0.2, 0.25) is 0 Å². The van der Waals surface area contributed by atoms with Crippen molar-refractivity contribution >= 4 is 5.57 Å². The van der Waals surface area contributed by atoms with Crippen LogP contribution < -0.4 is 0 Å². The summed E-state index contributed by atoms with van der Waals surface area (Å²) in [6, 6.07) is 4.24. The number of aliphatic hydroxyl groups excluding tert-OH is 1. The molecule has 2 N–H and O–H groups in total. The van der Waals surface area contributed by atoms with Crippen molar-refractivity contribution in [2.24, 2.45) is 0 Å². The van der Waals surface area contributed by atoms with Crippen molar-refractivity contribution in [3.05, 3.63) is 34.9 Å². The molecule has 22 heavy (non-hydrogen) atoms. The van der Waals surface area contributed by atoms with Gasteiger partial charge in [-0.1, -0.05) is 53.7 Å². The Morgan fingerprint density at radius 3 is 2.05 bits per heavy atom. The lowest BCUT2D eigenvalue weighted by Gasteiger charge is -2.31. The first-order valence-electron chi connectivity index (χ1n) is 8.26. The van der Waals surface area contributed by atoms with Crippen LogP contribution in [0.2, 0.25) is 0 Å². The molecule has 0 aromatic heterocycles. The van der Waals surface area contributed by atoms with Gasteiger partial charge in [0, 0.05) is 11.1 Å². The smallest absolute Gasteiger partial charge is 0.126 e. The first-order chi connectivity index (χ1) is 10.1. The lowest BCUT2D eigenvalue weighted by molar-refractivity contribution is 0.343. The molecule has 0 atom stereocenters. The zero-order valence-electron chi connectivity index (χ0n) is 15.2. The van der Waals surface area contributed by atoms with Crippen LogP contribution in [0, 0.1) is 0 Å². The number of benzene rings is 1. The Hall–Kier alpha value is -1.28. The molecule has 0 unspecified atom stereocenters. The van der Waals surface area contributed by atoms with Crippen LogP contribution in [0.15, 0.2) is 18.2 Å². The van der Waals surface area contributed by atoms with Crippen molar-refractivity contribution in [1.29, 1.82) is 0 Å². The molecule has 0 radical (unpaired) electrons. The van der Waals surface area contributed by atoms with Gasteiger partial charge in [0.05, 0.1) is 6.61 Å². The predicted molar refractivity (Wildman–Crippen MR) is 95.5 cm³/mol. The van der Waals surface area contributed by atoms with Gasteiger partial charge >= 0.3 is 0 Å². The molecular weight excluding hydrogens is 272 g/mol. The van der Waals surface area contributed by atoms with Crippen molar-refractivity contribution in [2.75, 3.05) is 6.61 Å². The summed E-state index contributed by atoms with van der Waals surface area (Å²) >= 11 is 0. The molecule has 0 aliphatic rings. The average molecular weight is 304 g/mol. The van der Waals surface area contributed by atoms with Crippen LogP contribution in [0.4, 0.5) is 0 Å². The summed E-state index contributed by atoms with van der Waals surface area (Å²) in [5, 5.41) is 20.0. The first-order valence-corrected chi connectivity index (χ1v) is 8.26. The van der Waals surface area contributed by atoms with Gasteiger partial charge in [-0.2, -0.15) is 0 Å². The van der Waals surface area contributed by atoms with E-state index in [4.69, 9.17) is 0 Å². The van der Waals surface area contributed by atoms with Crippen LogP contribution >= 0.6 is 0 Å². The number of hydrogen-bond donors (Lipinski definition) is 2. The molecule has 0 saturated carbocycles. The Morgan fingerprint density at radius 1 is 1.05 bits per heavy atom. The summed E-state index contributed by atoms with van der Waals surface area (Å²) in [6.45, 7) is 15.1. The second-order valence-corrected chi connectivity index (χ2v) is 7.46. The molecule has 0 saturated heterocycles. The molecule has 0 aliphatic heterocycles. The minimum Gasteiger partial charge on any atom is -0.507 e. The van der Waals surface area contributed by atoms with E-state index >= 15 is 0 Å². The Balaban J connectivity index is 3.69. The molecule has 0 heterocycles. The van der Waals surface area contributed by atoms with Gasteiger partial charge < -0.3 is 10.2 Å². The summed E-state index contributed by atoms with van der Waals surface area (Å²) < 4.78 is 0. The van der Waals surface area contributed by atoms with Gasteiger partial charge in [0.25, 0.3) is 0 Å². The zero-order chi connectivity index (χ0) is 17.1. The molecule has 2 heteroatoms. The van der Waals surface area contributed by atoms with Crippen LogP contribution in [0.5, 0.6) is 5.75 Å². The van der Waals surface area contributed by atoms with Crippen molar-refractivity contribution < 1.29 is 10.2 Å². The number of phenols is 1. The van der Waals surface area contributed by atoms with E-state index in [1.165, 1.54) is 5.56 Å². The standard InChI is InChI=1S/C20H32O2/c1-8-19(4,5)15-12-16(14(3)10-11-21)18(22)17(13-15)20(6,7)9-2/h10,12-13,21-22H,8-9,11H2,1-7H3/b14-10-. The van der Waals surface area contributed by atoms with E-state index < -0.39 is 0 Å². The number of hydrogen-bond acceptors (Lipinski definition) is 2. The van der Waals surface area contributed by atoms with Gasteiger partial charge in [0.15, 0.2) is 0 Å². The molecule has 1 rings (SSSR count). The SMILES string of the molecule is CCC(C)(C)c1cc(/C(C)=C\CO)c(O)c(C(C)(C)CC)c1. The van der Waals surface area contributed by atoms with E-state index in [-0.39, 0.29) is 17.4 Å². The lowest BCUT2D eigenvalue weighted by Crippen LogP contribution is -2.21. The first kappa shape index (κ1) is 18.8. The number of phenolic OH excluding ortho intramolecular Hbond substituents is 1. The fraction of sp³-hybridized carbons (Fsp3) is 0.600. The highest BCUT2D eigenvalue weighted by Crippen LogP contribution is 2.42. The van der Waals surface area contributed by atoms with Gasteiger partial charge in [-0.05, 0) is 47.8 Å². The second-order valence-electron chi connectivity index (χ2n) is 7.46. The third-order valence-electron chi connectivity index (χ3n) is 5.21. The summed E-state index contributed by atoms with van der Waals surface area (Å²) in [5.41, 5.74) is 3.96. The number of allylic oxidation sites excluding steroid dienone is 1. The van der Waals surface area contributed by atoms with Gasteiger partial charge in [-0.25, -0.2) is 0 Å². The molecule has 0 bridgehead atoms. The molecule has 1 aromatic carbocycles. The third-order valence-corrected chi connectivity index (χ3v) is 5.21. The van der Waals surface area contributed by atoms with E-state index in [2.05, 4.69) is 53.7 Å². The van der Waals surface area contributed by atoms with Gasteiger partial charge in [-0.3, -0.25) is 0 Å². The number of rotatable bonds is 6. The molecule has 0 aliphatic carbocycles. The third kappa shape index (κ3) is 3.73. The zero-order valence-corrected chi connectivity index (χ0v) is 15.2. The summed E-state index contributed by atoms with van der Waals surface area (Å²) in [4.78, 5) is 0. The fourth-order valence-electron chi connectivity index (χ4n) is 2.48. The normalized spacial score (nSPS) is 13.5. The van der Waals surface area contributed by atoms with Crippen LogP contribution in [0.1, 0.15) is 78.0 Å². The average Bonchev–Trinajstić information content (AvgIpc) is 2.47. The van der Waals surface area contributed by atoms with Crippen LogP contribution in [0.3, 0.4) is 0 Å². The van der Waals surface area contributed by atoms with E-state index in [0.717, 1.165) is 29.5 Å². The van der Waals surface area contributed by atoms with Crippen LogP contribution in [-0.4, -0.2) is 16.8 Å². The topological polar surface area (TPSA) is 40.5 Å². The molecule has 0 amide bonds. The summed E-state index contributed by atoms with van der Waals surface area (Å²) in [5.74, 6) is 0.352. The van der Waals surface area contributed by atoms with Crippen LogP contribution in [0.25, 0.3) is 5.57 Å². The van der Waals surface area contributed by atoms with Gasteiger partial charge in [0.1, 0.15) is 5.75 Å². The Morgan fingerprint density at radius 2 is 1.59 bits per heavy atom. The van der Waals surface area contributed by atoms with E-state index in [1.807, 2.05) is 6.92 Å². The van der Waals surface area contributed by atoms with Crippen molar-refractivity contribution in [3.8, 4) is 5.75 Å². The number of aliphatic hydroxyl groups is 1. The predicted octanol–water partition coefficient (Wildman–Crippen LogP) is 5.16. The highest BCUT2D eigenvalue weighted by molar-refractivity contribution is 5.72. The Kier molecular flexibility index (Phi) is 5.86. The molecule has 0 spiro atoms. The molecular formula is C20H32O2. The van der Waals surface area contributed by atoms with Crippen molar-refractivity contribution in [1.82, 2.24) is 0 Å². The molecule has 124 valence electrons. The minimum absolute atomic E-state index is 0.0147. The van der Waals surface area contributed by atoms with E-state index in [0.29, 0.717) is 5.75 Å². The van der Waals surface area contributed by atoms with Crippen molar-refractivity contribution in [3.63, 3.8) is 0 Å². The minimum atomic E-state index is -0.0852. The maximum absolute atomic E-state index is 10.8. The maximum Gasteiger partial charge on any atom is 0.126 e. The van der Waals surface area contributed by atoms with Gasteiger partial charge in [-0.15, -0.1) is 0 Å². The van der Waals surface area contributed by atoms with Crippen molar-refractivity contribution in [2.45, 2.75) is 72.1 Å². The number of aromatic hydroxyl groups is 1. The quantitative estimate of drug-likeness (QED) is 0.761. The van der Waals surface area contributed by atoms with Crippen LogP contribution in [-0.2, 0) is 10.8 Å². The maximum atomic E-state index is 10.8. The Labute approximate surface area is 135 Å². The summed E-state index contributed by atoms with van der Waals surface area (Å²) in [7, 11) is 0. The lowest BCUT2D eigenvalue weighted by atomic mass is 9.74. The molecule has 2 nitrogen and oxygen atoms in total.